The van der Waals surface area contributed by atoms with E-state index in [0.29, 0.717) is 0 Å². The number of nitrogens with one attached hydrogen (secondary N) is 2. The number of aliphatic hydroxyl groups is 1. The number of aromatic nitrogens is 4. The number of hydrogen-bond donors (Lipinski definition) is 3. The second-order valence-electron chi connectivity index (χ2n) is 6.22. The first-order valence-corrected chi connectivity index (χ1v) is 8.87. The van der Waals surface area contributed by atoms with Crippen LogP contribution in [-0.2, 0) is 16.8 Å². The van der Waals surface area contributed by atoms with Crippen LogP contribution in [0.5, 0.6) is 0 Å². The third kappa shape index (κ3) is 4.67. The van der Waals surface area contributed by atoms with Gasteiger partial charge in [0.25, 0.3) is 0 Å². The van der Waals surface area contributed by atoms with Crippen LogP contribution in [0.25, 0.3) is 46.4 Å². The van der Waals surface area contributed by atoms with Gasteiger partial charge in [-0.1, -0.05) is 0 Å². The van der Waals surface area contributed by atoms with Crippen LogP contribution in [-0.4, -0.2) is 31.6 Å². The van der Waals surface area contributed by atoms with Crippen molar-refractivity contribution in [3.63, 3.8) is 0 Å². The topological polar surface area (TPSA) is 77.6 Å². The van der Waals surface area contributed by atoms with Crippen molar-refractivity contribution in [2.75, 3.05) is 6.61 Å². The van der Waals surface area contributed by atoms with E-state index in [2.05, 4.69) is 44.2 Å². The maximum Gasteiger partial charge on any atom is 0.0658 e. The van der Waals surface area contributed by atoms with E-state index in [1.165, 1.54) is 0 Å². The van der Waals surface area contributed by atoms with Crippen molar-refractivity contribution >= 4 is 46.4 Å². The molecular weight excluding hydrogens is 395 g/mol. The Morgan fingerprint density at radius 3 is 1.14 bits per heavy atom. The first-order valence-electron chi connectivity index (χ1n) is 8.87. The molecule has 0 unspecified atom stereocenters. The summed E-state index contributed by atoms with van der Waals surface area (Å²) >= 11 is 0. The van der Waals surface area contributed by atoms with E-state index in [1.807, 2.05) is 48.6 Å². The van der Waals surface area contributed by atoms with Gasteiger partial charge in [-0.25, -0.2) is 9.97 Å². The zero-order chi connectivity index (χ0) is 18.6. The summed E-state index contributed by atoms with van der Waals surface area (Å²) in [5.74, 6) is 0. The number of fused-ring (bicyclic) bond motifs is 8. The van der Waals surface area contributed by atoms with Gasteiger partial charge in [-0.2, -0.15) is 0 Å². The molecule has 0 saturated carbocycles. The minimum atomic E-state index is 0. The van der Waals surface area contributed by atoms with Crippen LogP contribution in [0.4, 0.5) is 0 Å². The van der Waals surface area contributed by atoms with E-state index < -0.39 is 0 Å². The van der Waals surface area contributed by atoms with Crippen LogP contribution in [0.3, 0.4) is 0 Å². The molecule has 0 atom stereocenters. The fourth-order valence-corrected chi connectivity index (χ4v) is 2.94. The molecule has 3 aromatic heterocycles. The molecule has 6 heteroatoms. The molecule has 1 radical (unpaired) electrons. The maximum atomic E-state index is 7.57. The van der Waals surface area contributed by atoms with Gasteiger partial charge < -0.3 is 15.1 Å². The predicted octanol–water partition coefficient (Wildman–Crippen LogP) is 4.65. The van der Waals surface area contributed by atoms with E-state index in [9.17, 15) is 0 Å². The van der Waals surface area contributed by atoms with Gasteiger partial charge in [-0.05, 0) is 79.8 Å². The molecule has 3 N–H and O–H groups in total. The number of rotatable bonds is 0. The minimum absolute atomic E-state index is 0. The molecule has 5 rings (SSSR count). The van der Waals surface area contributed by atoms with E-state index in [-0.39, 0.29) is 23.4 Å². The molecular formula is C22H20CoN4O. The summed E-state index contributed by atoms with van der Waals surface area (Å²) in [4.78, 5) is 16.0. The number of aliphatic hydroxyl groups excluding tert-OH is 1. The molecule has 0 fully saturated rings. The van der Waals surface area contributed by atoms with E-state index >= 15 is 0 Å². The number of aromatic amines is 2. The molecule has 3 aromatic rings. The summed E-state index contributed by atoms with van der Waals surface area (Å²) in [5.41, 5.74) is 7.86. The summed E-state index contributed by atoms with van der Waals surface area (Å²) in [7, 11) is 0. The third-order valence-electron chi connectivity index (χ3n) is 4.04. The van der Waals surface area contributed by atoms with Gasteiger partial charge in [0.05, 0.1) is 22.8 Å². The molecule has 2 aliphatic rings. The number of hydrogen-bond acceptors (Lipinski definition) is 3. The molecule has 2 aliphatic heterocycles. The summed E-state index contributed by atoms with van der Waals surface area (Å²) in [6, 6.07) is 16.4. The van der Waals surface area contributed by atoms with Crippen molar-refractivity contribution < 1.29 is 21.9 Å². The monoisotopic (exact) mass is 415 g/mol. The Morgan fingerprint density at radius 2 is 0.893 bits per heavy atom. The Hall–Kier alpha value is -2.93. The summed E-state index contributed by atoms with van der Waals surface area (Å²) in [6.45, 7) is 1.93. The number of H-pyrrole nitrogens is 2. The average molecular weight is 415 g/mol. The van der Waals surface area contributed by atoms with Crippen molar-refractivity contribution in [3.05, 3.63) is 71.3 Å². The zero-order valence-electron chi connectivity index (χ0n) is 15.3. The van der Waals surface area contributed by atoms with Gasteiger partial charge >= 0.3 is 0 Å². The van der Waals surface area contributed by atoms with Crippen molar-refractivity contribution in [2.45, 2.75) is 6.92 Å². The van der Waals surface area contributed by atoms with Crippen molar-refractivity contribution in [1.82, 2.24) is 19.9 Å². The summed E-state index contributed by atoms with van der Waals surface area (Å²) in [5, 5.41) is 7.57. The Bertz CT molecular complexity index is 1010. The molecule has 0 aromatic carbocycles. The van der Waals surface area contributed by atoms with Crippen molar-refractivity contribution in [1.29, 1.82) is 0 Å². The quantitative estimate of drug-likeness (QED) is 0.345. The van der Waals surface area contributed by atoms with E-state index in [1.54, 1.807) is 6.92 Å². The Labute approximate surface area is 173 Å². The smallest absolute Gasteiger partial charge is 0.0658 e. The molecule has 0 spiro atoms. The predicted molar refractivity (Wildman–Crippen MR) is 112 cm³/mol. The molecule has 28 heavy (non-hydrogen) atoms. The molecule has 5 nitrogen and oxygen atoms in total. The van der Waals surface area contributed by atoms with Crippen molar-refractivity contribution in [2.24, 2.45) is 0 Å². The van der Waals surface area contributed by atoms with Crippen molar-refractivity contribution in [3.8, 4) is 0 Å². The van der Waals surface area contributed by atoms with Gasteiger partial charge in [-0.3, -0.25) is 0 Å². The van der Waals surface area contributed by atoms with Gasteiger partial charge in [-0.15, -0.1) is 0 Å². The molecule has 0 amide bonds. The van der Waals surface area contributed by atoms with Gasteiger partial charge in [0, 0.05) is 45.5 Å². The van der Waals surface area contributed by atoms with Crippen LogP contribution in [0.1, 0.15) is 29.7 Å². The summed E-state index contributed by atoms with van der Waals surface area (Å²) in [6.07, 6.45) is 8.09. The fraction of sp³-hybridized carbons (Fsp3) is 0.0909. The number of nitrogens with zero attached hydrogens (tertiary/aromatic N) is 2. The Kier molecular flexibility index (Phi) is 6.25. The van der Waals surface area contributed by atoms with Gasteiger partial charge in [0.2, 0.25) is 0 Å². The molecule has 143 valence electrons. The van der Waals surface area contributed by atoms with Gasteiger partial charge in [0.1, 0.15) is 0 Å². The first kappa shape index (κ1) is 19.8. The van der Waals surface area contributed by atoms with Crippen LogP contribution in [0.2, 0.25) is 0 Å². The van der Waals surface area contributed by atoms with E-state index in [4.69, 9.17) is 5.11 Å². The van der Waals surface area contributed by atoms with Crippen LogP contribution in [0, 0.1) is 0 Å². The maximum absolute atomic E-state index is 7.57. The van der Waals surface area contributed by atoms with Crippen LogP contribution in [0.15, 0.2) is 48.5 Å². The largest absolute Gasteiger partial charge is 0.397 e. The van der Waals surface area contributed by atoms with Gasteiger partial charge in [0.15, 0.2) is 0 Å². The summed E-state index contributed by atoms with van der Waals surface area (Å²) < 4.78 is 0. The minimum Gasteiger partial charge on any atom is -0.397 e. The third-order valence-corrected chi connectivity index (χ3v) is 4.04. The standard InChI is InChI=1S/C20H14N4.C2H6O.Co/c1-2-14-10-16-5-6-18(23-16)12-20-8-7-19(24-20)11-17-4-3-15(22-17)9-13(1)21-14;1-2-3;/h1-12,21,24H;3H,2H2,1H3;. The normalized spacial score (nSPS) is 11.5. The Morgan fingerprint density at radius 1 is 0.643 bits per heavy atom. The molecule has 0 saturated heterocycles. The average Bonchev–Trinajstić information content (AvgIpc) is 3.41. The first-order chi connectivity index (χ1) is 13.2. The van der Waals surface area contributed by atoms with Crippen LogP contribution >= 0.6 is 0 Å². The second kappa shape index (κ2) is 8.84. The van der Waals surface area contributed by atoms with E-state index in [0.717, 1.165) is 44.8 Å². The van der Waals surface area contributed by atoms with Crippen LogP contribution < -0.4 is 0 Å². The second-order valence-corrected chi connectivity index (χ2v) is 6.22. The molecule has 0 aliphatic carbocycles. The Balaban J connectivity index is 0.000000531. The zero-order valence-corrected chi connectivity index (χ0v) is 16.4. The molecule has 5 heterocycles. The molecule has 8 bridgehead atoms. The SMILES string of the molecule is C1=Cc2cc3ccc(cc4nc(cc5ccc(cc1n2)[nH]5)C=C4)[nH]3.CCO.[Co]. The fourth-order valence-electron chi connectivity index (χ4n) is 2.94.